The molecular weight excluding hydrogens is 327 g/mol. The van der Waals surface area contributed by atoms with E-state index in [0.29, 0.717) is 15.5 Å². The Kier molecular flexibility index (Phi) is 3.02. The molecule has 2 aromatic carbocycles. The van der Waals surface area contributed by atoms with Gasteiger partial charge in [0.1, 0.15) is 12.1 Å². The van der Waals surface area contributed by atoms with Crippen LogP contribution in [-0.2, 0) is 0 Å². The molecular formula is C14H8BrFN2O2. The second-order valence-electron chi connectivity index (χ2n) is 4.19. The first-order valence-electron chi connectivity index (χ1n) is 5.72. The average Bonchev–Trinajstić information content (AvgIpc) is 2.85. The summed E-state index contributed by atoms with van der Waals surface area (Å²) >= 11 is 3.28. The maximum absolute atomic E-state index is 14.0. The van der Waals surface area contributed by atoms with Gasteiger partial charge in [-0.2, -0.15) is 0 Å². The summed E-state index contributed by atoms with van der Waals surface area (Å²) < 4.78 is 16.1. The largest absolute Gasteiger partial charge is 0.478 e. The number of imidazole rings is 1. The first-order valence-corrected chi connectivity index (χ1v) is 6.52. The van der Waals surface area contributed by atoms with E-state index in [4.69, 9.17) is 0 Å². The average molecular weight is 335 g/mol. The Bertz CT molecular complexity index is 829. The Morgan fingerprint density at radius 1 is 1.30 bits per heavy atom. The van der Waals surface area contributed by atoms with Crippen LogP contribution in [0.5, 0.6) is 0 Å². The number of aromatic carboxylic acids is 1. The standard InChI is InChI=1S/C14H8BrFN2O2/c15-8-4-5-10(16)12(6-8)18-7-17-11-3-1-2-9(13(11)18)14(19)20/h1-7H,(H,19,20). The molecule has 0 saturated heterocycles. The van der Waals surface area contributed by atoms with Crippen molar-refractivity contribution < 1.29 is 14.3 Å². The molecule has 1 aromatic heterocycles. The predicted octanol–water partition coefficient (Wildman–Crippen LogP) is 3.63. The molecule has 0 saturated carbocycles. The highest BCUT2D eigenvalue weighted by atomic mass is 79.9. The Morgan fingerprint density at radius 2 is 2.10 bits per heavy atom. The number of nitrogens with zero attached hydrogens (tertiary/aromatic N) is 2. The molecule has 0 unspecified atom stereocenters. The van der Waals surface area contributed by atoms with Gasteiger partial charge in [-0.3, -0.25) is 4.57 Å². The third-order valence-electron chi connectivity index (χ3n) is 2.97. The predicted molar refractivity (Wildman–Crippen MR) is 75.7 cm³/mol. The fourth-order valence-corrected chi connectivity index (χ4v) is 2.44. The van der Waals surface area contributed by atoms with E-state index in [2.05, 4.69) is 20.9 Å². The second kappa shape index (κ2) is 4.72. The van der Waals surface area contributed by atoms with Crippen LogP contribution in [0.25, 0.3) is 16.7 Å². The summed E-state index contributed by atoms with van der Waals surface area (Å²) in [4.78, 5) is 15.4. The molecule has 0 fully saturated rings. The summed E-state index contributed by atoms with van der Waals surface area (Å²) in [5.74, 6) is -1.53. The highest BCUT2D eigenvalue weighted by Crippen LogP contribution is 2.25. The van der Waals surface area contributed by atoms with Crippen molar-refractivity contribution in [1.29, 1.82) is 0 Å². The molecule has 4 nitrogen and oxygen atoms in total. The quantitative estimate of drug-likeness (QED) is 0.778. The molecule has 0 bridgehead atoms. The molecule has 6 heteroatoms. The molecule has 100 valence electrons. The van der Waals surface area contributed by atoms with Crippen LogP contribution in [0.3, 0.4) is 0 Å². The fourth-order valence-electron chi connectivity index (χ4n) is 2.09. The second-order valence-corrected chi connectivity index (χ2v) is 5.10. The first kappa shape index (κ1) is 12.8. The van der Waals surface area contributed by atoms with E-state index < -0.39 is 11.8 Å². The molecule has 0 radical (unpaired) electrons. The van der Waals surface area contributed by atoms with E-state index in [1.165, 1.54) is 23.0 Å². The molecule has 0 aliphatic carbocycles. The number of carboxylic acids is 1. The van der Waals surface area contributed by atoms with Crippen LogP contribution < -0.4 is 0 Å². The van der Waals surface area contributed by atoms with Gasteiger partial charge in [0.05, 0.1) is 22.3 Å². The summed E-state index contributed by atoms with van der Waals surface area (Å²) in [6.45, 7) is 0. The topological polar surface area (TPSA) is 55.1 Å². The van der Waals surface area contributed by atoms with E-state index in [1.54, 1.807) is 24.3 Å². The van der Waals surface area contributed by atoms with Crippen molar-refractivity contribution in [2.75, 3.05) is 0 Å². The van der Waals surface area contributed by atoms with Crippen molar-refractivity contribution in [3.05, 3.63) is 58.6 Å². The lowest BCUT2D eigenvalue weighted by Gasteiger charge is -2.08. The lowest BCUT2D eigenvalue weighted by molar-refractivity contribution is 0.0698. The number of halogens is 2. The van der Waals surface area contributed by atoms with Gasteiger partial charge < -0.3 is 5.11 Å². The molecule has 0 amide bonds. The van der Waals surface area contributed by atoms with Gasteiger partial charge in [-0.15, -0.1) is 0 Å². The summed E-state index contributed by atoms with van der Waals surface area (Å²) in [6, 6.07) is 9.24. The zero-order valence-corrected chi connectivity index (χ0v) is 11.6. The number of hydrogen-bond acceptors (Lipinski definition) is 2. The Balaban J connectivity index is 2.37. The third-order valence-corrected chi connectivity index (χ3v) is 3.46. The zero-order valence-electron chi connectivity index (χ0n) is 10.0. The number of hydrogen-bond donors (Lipinski definition) is 1. The van der Waals surface area contributed by atoms with Gasteiger partial charge in [-0.05, 0) is 30.3 Å². The van der Waals surface area contributed by atoms with E-state index in [9.17, 15) is 14.3 Å². The van der Waals surface area contributed by atoms with Crippen molar-refractivity contribution in [2.45, 2.75) is 0 Å². The van der Waals surface area contributed by atoms with Crippen molar-refractivity contribution in [3.8, 4) is 5.69 Å². The van der Waals surface area contributed by atoms with Crippen LogP contribution in [-0.4, -0.2) is 20.6 Å². The summed E-state index contributed by atoms with van der Waals surface area (Å²) in [7, 11) is 0. The number of para-hydroxylation sites is 1. The minimum Gasteiger partial charge on any atom is -0.478 e. The fraction of sp³-hybridized carbons (Fsp3) is 0. The van der Waals surface area contributed by atoms with Crippen LogP contribution in [0.15, 0.2) is 47.2 Å². The van der Waals surface area contributed by atoms with Gasteiger partial charge in [0.15, 0.2) is 0 Å². The number of rotatable bonds is 2. The highest BCUT2D eigenvalue weighted by molar-refractivity contribution is 9.10. The molecule has 1 N–H and O–H groups in total. The minimum atomic E-state index is -1.08. The molecule has 0 atom stereocenters. The van der Waals surface area contributed by atoms with Crippen LogP contribution in [0.4, 0.5) is 4.39 Å². The van der Waals surface area contributed by atoms with Gasteiger partial charge >= 0.3 is 5.97 Å². The maximum Gasteiger partial charge on any atom is 0.337 e. The van der Waals surface area contributed by atoms with Crippen LogP contribution in [0.1, 0.15) is 10.4 Å². The van der Waals surface area contributed by atoms with Crippen molar-refractivity contribution >= 4 is 32.9 Å². The summed E-state index contributed by atoms with van der Waals surface area (Å²) in [6.07, 6.45) is 1.42. The Morgan fingerprint density at radius 3 is 2.85 bits per heavy atom. The van der Waals surface area contributed by atoms with Crippen molar-refractivity contribution in [2.24, 2.45) is 0 Å². The smallest absolute Gasteiger partial charge is 0.337 e. The number of carbonyl (C=O) groups is 1. The lowest BCUT2D eigenvalue weighted by Crippen LogP contribution is -2.03. The van der Waals surface area contributed by atoms with Gasteiger partial charge in [-0.1, -0.05) is 22.0 Å². The van der Waals surface area contributed by atoms with E-state index in [1.807, 2.05) is 0 Å². The molecule has 3 aromatic rings. The van der Waals surface area contributed by atoms with Crippen molar-refractivity contribution in [3.63, 3.8) is 0 Å². The molecule has 1 heterocycles. The maximum atomic E-state index is 14.0. The Hall–Kier alpha value is -2.21. The van der Waals surface area contributed by atoms with Crippen LogP contribution >= 0.6 is 15.9 Å². The number of aromatic nitrogens is 2. The van der Waals surface area contributed by atoms with Crippen LogP contribution in [0, 0.1) is 5.82 Å². The van der Waals surface area contributed by atoms with Gasteiger partial charge in [-0.25, -0.2) is 14.2 Å². The van der Waals surface area contributed by atoms with Crippen LogP contribution in [0.2, 0.25) is 0 Å². The molecule has 0 aliphatic heterocycles. The minimum absolute atomic E-state index is 0.0828. The zero-order chi connectivity index (χ0) is 14.3. The number of fused-ring (bicyclic) bond motifs is 1. The molecule has 3 rings (SSSR count). The van der Waals surface area contributed by atoms with Gasteiger partial charge in [0, 0.05) is 4.47 Å². The van der Waals surface area contributed by atoms with E-state index >= 15 is 0 Å². The van der Waals surface area contributed by atoms with Gasteiger partial charge in [0.2, 0.25) is 0 Å². The highest BCUT2D eigenvalue weighted by Gasteiger charge is 2.16. The van der Waals surface area contributed by atoms with E-state index in [0.717, 1.165) is 0 Å². The Labute approximate surface area is 121 Å². The summed E-state index contributed by atoms with van der Waals surface area (Å²) in [5, 5.41) is 9.25. The number of benzene rings is 2. The SMILES string of the molecule is O=C(O)c1cccc2ncn(-c3cc(Br)ccc3F)c12. The van der Waals surface area contributed by atoms with Gasteiger partial charge in [0.25, 0.3) is 0 Å². The lowest BCUT2D eigenvalue weighted by atomic mass is 10.1. The first-order chi connectivity index (χ1) is 9.58. The normalized spacial score (nSPS) is 10.9. The number of carboxylic acid groups (broad SMARTS) is 1. The molecule has 0 spiro atoms. The van der Waals surface area contributed by atoms with Crippen molar-refractivity contribution in [1.82, 2.24) is 9.55 Å². The summed E-state index contributed by atoms with van der Waals surface area (Å²) in [5.41, 5.74) is 1.20. The molecule has 20 heavy (non-hydrogen) atoms. The molecule has 0 aliphatic rings. The third kappa shape index (κ3) is 1.98. The monoisotopic (exact) mass is 334 g/mol. The van der Waals surface area contributed by atoms with E-state index in [-0.39, 0.29) is 11.3 Å².